The van der Waals surface area contributed by atoms with E-state index in [1.807, 2.05) is 121 Å². The van der Waals surface area contributed by atoms with Gasteiger partial charge in [-0.25, -0.2) is 33.6 Å². The van der Waals surface area contributed by atoms with Crippen LogP contribution in [0.2, 0.25) is 0 Å². The van der Waals surface area contributed by atoms with E-state index in [4.69, 9.17) is 75.8 Å². The van der Waals surface area contributed by atoms with Gasteiger partial charge in [-0.15, -0.1) is 0 Å². The van der Waals surface area contributed by atoms with E-state index < -0.39 is 147 Å². The average Bonchev–Trinajstić information content (AvgIpc) is 0.756. The Bertz CT molecular complexity index is 4990. The van der Waals surface area contributed by atoms with E-state index in [1.165, 1.54) is 84.9 Å². The lowest BCUT2D eigenvalue weighted by molar-refractivity contribution is -0.396. The van der Waals surface area contributed by atoms with Crippen LogP contribution in [0.1, 0.15) is 94.8 Å². The van der Waals surface area contributed by atoms with Gasteiger partial charge in [-0.1, -0.05) is 249 Å². The van der Waals surface area contributed by atoms with Gasteiger partial charge in [-0.3, -0.25) is 0 Å². The molecule has 11 aromatic carbocycles. The highest BCUT2D eigenvalue weighted by Gasteiger charge is 2.60. The molecule has 23 nitrogen and oxygen atoms in total. The summed E-state index contributed by atoms with van der Waals surface area (Å²) in [6.45, 7) is -1.71. The molecule has 15 atom stereocenters. The first kappa shape index (κ1) is 81.9. The topological polar surface area (TPSA) is 267 Å². The van der Waals surface area contributed by atoms with Crippen LogP contribution in [0.4, 0.5) is 0 Å². The molecule has 3 aliphatic rings. The molecule has 3 aliphatic heterocycles. The predicted octanol–water partition coefficient (Wildman–Crippen LogP) is 14.4. The third kappa shape index (κ3) is 21.9. The highest BCUT2D eigenvalue weighted by atomic mass is 16.8. The SMILES string of the molecule is O=C(OC[C@H]1O[C@H](O[C@H]2[C@H](OC(=O)c3ccccc3)[C@@H](OC(=O)c3ccccc3)[C@H](O[C@@H]3O[C@H](COCc4ccccc4)[C@@H](OCc4ccccc4)[C@H](OCc4ccccc4)[C@H]3OCc3ccccc3)O[C@@H]2COC(=O)c2ccccc2)[C@H](OC(=O)c2ccccc2)[C@@H](OC(=O)c2ccccc2)[C@@H]1OC(=O)c1ccccc1)c1ccccc1. The molecule has 0 spiro atoms. The van der Waals surface area contributed by atoms with Crippen LogP contribution < -0.4 is 0 Å². The zero-order valence-electron chi connectivity index (χ0n) is 63.8. The highest BCUT2D eigenvalue weighted by molar-refractivity contribution is 5.93. The van der Waals surface area contributed by atoms with Gasteiger partial charge in [0.05, 0.1) is 72.0 Å². The maximum Gasteiger partial charge on any atom is 0.338 e. The van der Waals surface area contributed by atoms with Gasteiger partial charge >= 0.3 is 41.8 Å². The monoisotopic (exact) mass is 1590 g/mol. The summed E-state index contributed by atoms with van der Waals surface area (Å²) in [5, 5.41) is 0. The molecule has 0 saturated carbocycles. The summed E-state index contributed by atoms with van der Waals surface area (Å²) in [7, 11) is 0. The van der Waals surface area contributed by atoms with Crippen LogP contribution in [-0.2, 0) is 102 Å². The molecule has 3 saturated heterocycles. The number of carbonyl (C=O) groups is 7. The van der Waals surface area contributed by atoms with Crippen LogP contribution in [0.5, 0.6) is 0 Å². The minimum Gasteiger partial charge on any atom is -0.459 e. The van der Waals surface area contributed by atoms with Gasteiger partial charge in [0.15, 0.2) is 43.1 Å². The number of hydrogen-bond acceptors (Lipinski definition) is 23. The quantitative estimate of drug-likeness (QED) is 0.0273. The molecule has 0 aliphatic carbocycles. The van der Waals surface area contributed by atoms with Gasteiger partial charge in [0.25, 0.3) is 0 Å². The Morgan fingerprint density at radius 2 is 0.449 bits per heavy atom. The number of carbonyl (C=O) groups excluding carboxylic acids is 7. The first-order chi connectivity index (χ1) is 57.9. The molecule has 0 radical (unpaired) electrons. The van der Waals surface area contributed by atoms with E-state index in [2.05, 4.69) is 0 Å². The zero-order valence-corrected chi connectivity index (χ0v) is 63.8. The lowest BCUT2D eigenvalue weighted by atomic mass is 9.95. The van der Waals surface area contributed by atoms with Crippen molar-refractivity contribution in [2.75, 3.05) is 19.8 Å². The van der Waals surface area contributed by atoms with E-state index in [0.717, 1.165) is 22.3 Å². The normalized spacial score (nSPS) is 22.7. The molecule has 23 heteroatoms. The van der Waals surface area contributed by atoms with Crippen LogP contribution in [0.15, 0.2) is 334 Å². The third-order valence-electron chi connectivity index (χ3n) is 19.6. The summed E-state index contributed by atoms with van der Waals surface area (Å²) in [4.78, 5) is 105. The third-order valence-corrected chi connectivity index (χ3v) is 19.6. The molecule has 11 aromatic rings. The summed E-state index contributed by atoms with van der Waals surface area (Å²) in [6, 6.07) is 92.6. The molecule has 3 fully saturated rings. The molecule has 0 aromatic heterocycles. The van der Waals surface area contributed by atoms with Crippen molar-refractivity contribution in [3.8, 4) is 0 Å². The standard InChI is InChI=1S/C95H84O23/c96-86(67-42-20-5-21-43-67)107-61-75-78(112-88(98)69-46-24-7-25-47-69)81(113-89(99)70-48-26-8-27-49-70)84(115-91(101)72-52-30-10-31-53-72)94(110-75)117-79-76(62-108-87(97)68-44-22-6-23-45-68)111-95(85(116-92(102)73-54-32-11-33-55-73)82(79)114-90(100)71-50-28-9-29-51-71)118-93-83(106-59-66-40-18-4-19-41-66)80(105-58-65-38-16-3-17-39-65)77(104-57-64-36-14-2-15-37-64)74(109-93)60-103-56-63-34-12-1-13-35-63/h1-55,74-85,93-95H,56-62H2/t74-,75-,76-,77-,78-,79-,80+,81+,82+,83-,84-,85-,93+,94-,95+/m1/s1. The molecule has 118 heavy (non-hydrogen) atoms. The summed E-state index contributed by atoms with van der Waals surface area (Å²) in [5.74, 6) is -6.93. The van der Waals surface area contributed by atoms with Crippen LogP contribution in [0, 0.1) is 0 Å². The molecule has 3 heterocycles. The van der Waals surface area contributed by atoms with E-state index in [9.17, 15) is 14.4 Å². The van der Waals surface area contributed by atoms with Gasteiger partial charge in [0, 0.05) is 0 Å². The number of ether oxygens (including phenoxy) is 16. The van der Waals surface area contributed by atoms with Crippen LogP contribution >= 0.6 is 0 Å². The Morgan fingerprint density at radius 1 is 0.212 bits per heavy atom. The Kier molecular flexibility index (Phi) is 28.6. The van der Waals surface area contributed by atoms with Crippen LogP contribution in [0.3, 0.4) is 0 Å². The van der Waals surface area contributed by atoms with Gasteiger partial charge in [0.1, 0.15) is 55.9 Å². The fraction of sp³-hybridized carbons (Fsp3) is 0.232. The predicted molar refractivity (Wildman–Crippen MR) is 425 cm³/mol. The zero-order chi connectivity index (χ0) is 81.2. The number of benzene rings is 11. The Labute approximate surface area is 681 Å². The summed E-state index contributed by atoms with van der Waals surface area (Å²) >= 11 is 0. The molecule has 14 rings (SSSR count). The first-order valence-corrected chi connectivity index (χ1v) is 38.5. The lowest BCUT2D eigenvalue weighted by Gasteiger charge is -2.50. The first-order valence-electron chi connectivity index (χ1n) is 38.5. The summed E-state index contributed by atoms with van der Waals surface area (Å²) in [5.41, 5.74) is 3.25. The summed E-state index contributed by atoms with van der Waals surface area (Å²) < 4.78 is 110. The fourth-order valence-corrected chi connectivity index (χ4v) is 13.7. The Balaban J connectivity index is 0.939. The second-order valence-corrected chi connectivity index (χ2v) is 27.8. The van der Waals surface area contributed by atoms with Gasteiger partial charge in [0.2, 0.25) is 6.29 Å². The number of hydrogen-bond donors (Lipinski definition) is 0. The minimum atomic E-state index is -2.19. The molecular weight excluding hydrogens is 1510 g/mol. The lowest BCUT2D eigenvalue weighted by Crippen LogP contribution is -2.68. The van der Waals surface area contributed by atoms with Crippen molar-refractivity contribution < 1.29 is 109 Å². The van der Waals surface area contributed by atoms with Crippen molar-refractivity contribution in [3.63, 3.8) is 0 Å². The van der Waals surface area contributed by atoms with E-state index in [1.54, 1.807) is 127 Å². The van der Waals surface area contributed by atoms with E-state index >= 15 is 19.2 Å². The van der Waals surface area contributed by atoms with Crippen molar-refractivity contribution in [1.29, 1.82) is 0 Å². The van der Waals surface area contributed by atoms with Gasteiger partial charge in [-0.2, -0.15) is 0 Å². The van der Waals surface area contributed by atoms with E-state index in [0.29, 0.717) is 0 Å². The number of esters is 7. The largest absolute Gasteiger partial charge is 0.459 e. The molecule has 602 valence electrons. The van der Waals surface area contributed by atoms with Crippen molar-refractivity contribution in [2.24, 2.45) is 0 Å². The average molecular weight is 1590 g/mol. The molecule has 0 unspecified atom stereocenters. The fourth-order valence-electron chi connectivity index (χ4n) is 13.7. The molecule has 0 amide bonds. The molecular formula is C95H84O23. The Hall–Kier alpha value is -12.7. The van der Waals surface area contributed by atoms with Crippen LogP contribution in [-0.4, -0.2) is 154 Å². The second-order valence-electron chi connectivity index (χ2n) is 27.8. The maximum atomic E-state index is 15.6. The highest BCUT2D eigenvalue weighted by Crippen LogP contribution is 2.40. The van der Waals surface area contributed by atoms with Gasteiger partial charge in [-0.05, 0) is 107 Å². The van der Waals surface area contributed by atoms with Crippen LogP contribution in [0.25, 0.3) is 0 Å². The molecule has 0 bridgehead atoms. The second kappa shape index (κ2) is 41.3. The van der Waals surface area contributed by atoms with Crippen molar-refractivity contribution >= 4 is 41.8 Å². The smallest absolute Gasteiger partial charge is 0.338 e. The van der Waals surface area contributed by atoms with Crippen molar-refractivity contribution in [2.45, 2.75) is 119 Å². The van der Waals surface area contributed by atoms with Gasteiger partial charge < -0.3 is 75.8 Å². The van der Waals surface area contributed by atoms with E-state index in [-0.39, 0.29) is 72.0 Å². The minimum absolute atomic E-state index is 0.00142. The number of rotatable bonds is 33. The molecule has 0 N–H and O–H groups in total. The van der Waals surface area contributed by atoms with Crippen molar-refractivity contribution in [3.05, 3.63) is 395 Å². The Morgan fingerprint density at radius 3 is 0.788 bits per heavy atom. The van der Waals surface area contributed by atoms with Crippen molar-refractivity contribution in [1.82, 2.24) is 0 Å². The maximum absolute atomic E-state index is 15.6. The summed E-state index contributed by atoms with van der Waals surface area (Å²) in [6.07, 6.45) is -26.3.